The van der Waals surface area contributed by atoms with Crippen LogP contribution in [0.5, 0.6) is 5.88 Å². The van der Waals surface area contributed by atoms with Gasteiger partial charge in [-0.25, -0.2) is 0 Å². The van der Waals surface area contributed by atoms with Crippen LogP contribution in [0.3, 0.4) is 0 Å². The monoisotopic (exact) mass is 145 g/mol. The molecule has 0 saturated carbocycles. The van der Waals surface area contributed by atoms with Crippen LogP contribution >= 0.6 is 11.6 Å². The Labute approximate surface area is 56.8 Å². The summed E-state index contributed by atoms with van der Waals surface area (Å²) < 4.78 is 4.70. The summed E-state index contributed by atoms with van der Waals surface area (Å²) in [6.45, 7) is 0. The molecule has 0 bridgehead atoms. The van der Waals surface area contributed by atoms with Crippen LogP contribution in [0.15, 0.2) is 6.20 Å². The Morgan fingerprint density at radius 2 is 2.44 bits per heavy atom. The summed E-state index contributed by atoms with van der Waals surface area (Å²) in [5.41, 5.74) is 0. The Bertz CT molecular complexity index is 205. The number of nitrogens with zero attached hydrogens (tertiary/aromatic N) is 3. The average molecular weight is 146 g/mol. The fourth-order valence-corrected chi connectivity index (χ4v) is 0.493. The van der Waals surface area contributed by atoms with Crippen LogP contribution < -0.4 is 4.74 Å². The first-order valence-electron chi connectivity index (χ1n) is 2.22. The first kappa shape index (κ1) is 6.22. The molecule has 0 fully saturated rings. The lowest BCUT2D eigenvalue weighted by molar-refractivity contribution is 0.393. The molecule has 0 spiro atoms. The van der Waals surface area contributed by atoms with Crippen LogP contribution in [-0.4, -0.2) is 22.3 Å². The highest BCUT2D eigenvalue weighted by Crippen LogP contribution is 2.04. The minimum absolute atomic E-state index is 0.0920. The van der Waals surface area contributed by atoms with Gasteiger partial charge in [0, 0.05) is 0 Å². The Morgan fingerprint density at radius 1 is 1.67 bits per heavy atom. The van der Waals surface area contributed by atoms with Crippen molar-refractivity contribution < 1.29 is 4.74 Å². The Hall–Kier alpha value is -0.900. The molecule has 1 aromatic heterocycles. The molecule has 0 radical (unpaired) electrons. The summed E-state index contributed by atoms with van der Waals surface area (Å²) in [6, 6.07) is 0. The highest BCUT2D eigenvalue weighted by molar-refractivity contribution is 6.28. The van der Waals surface area contributed by atoms with Crippen molar-refractivity contribution in [2.45, 2.75) is 0 Å². The van der Waals surface area contributed by atoms with Crippen molar-refractivity contribution in [2.24, 2.45) is 0 Å². The van der Waals surface area contributed by atoms with Gasteiger partial charge in [0.2, 0.25) is 11.2 Å². The van der Waals surface area contributed by atoms with Crippen LogP contribution in [0.4, 0.5) is 0 Å². The second-order valence-electron chi connectivity index (χ2n) is 1.27. The SMILES string of the molecule is COc1cnnc(Cl)n1. The van der Waals surface area contributed by atoms with Crippen LogP contribution in [0.2, 0.25) is 5.28 Å². The standard InChI is InChI=1S/C4H4ClN3O/c1-9-3-2-6-8-4(5)7-3/h2H,1H3. The minimum Gasteiger partial charge on any atom is -0.480 e. The smallest absolute Gasteiger partial charge is 0.246 e. The molecule has 0 amide bonds. The first-order chi connectivity index (χ1) is 4.33. The topological polar surface area (TPSA) is 47.9 Å². The lowest BCUT2D eigenvalue weighted by Crippen LogP contribution is -1.91. The van der Waals surface area contributed by atoms with E-state index in [1.165, 1.54) is 13.3 Å². The highest BCUT2D eigenvalue weighted by Gasteiger charge is 1.93. The lowest BCUT2D eigenvalue weighted by Gasteiger charge is -1.93. The number of halogens is 1. The first-order valence-corrected chi connectivity index (χ1v) is 2.60. The number of aromatic nitrogens is 3. The van der Waals surface area contributed by atoms with E-state index < -0.39 is 0 Å². The summed E-state index contributed by atoms with van der Waals surface area (Å²) in [4.78, 5) is 3.66. The molecule has 9 heavy (non-hydrogen) atoms. The number of hydrogen-bond acceptors (Lipinski definition) is 4. The number of methoxy groups -OCH3 is 1. The maximum absolute atomic E-state index is 5.36. The maximum Gasteiger partial charge on any atom is 0.246 e. The van der Waals surface area contributed by atoms with Crippen LogP contribution in [-0.2, 0) is 0 Å². The molecule has 0 aliphatic carbocycles. The van der Waals surface area contributed by atoms with Crippen molar-refractivity contribution >= 4 is 11.6 Å². The second-order valence-corrected chi connectivity index (χ2v) is 1.61. The quantitative estimate of drug-likeness (QED) is 0.579. The van der Waals surface area contributed by atoms with Crippen molar-refractivity contribution in [1.29, 1.82) is 0 Å². The van der Waals surface area contributed by atoms with E-state index in [0.717, 1.165) is 0 Å². The Morgan fingerprint density at radius 3 is 2.89 bits per heavy atom. The van der Waals surface area contributed by atoms with Gasteiger partial charge >= 0.3 is 0 Å². The molecule has 1 rings (SSSR count). The van der Waals surface area contributed by atoms with Gasteiger partial charge in [-0.05, 0) is 11.6 Å². The van der Waals surface area contributed by atoms with Gasteiger partial charge in [0.05, 0.1) is 7.11 Å². The summed E-state index contributed by atoms with van der Waals surface area (Å²) in [5, 5.41) is 6.99. The third-order valence-corrected chi connectivity index (χ3v) is 0.880. The number of hydrogen-bond donors (Lipinski definition) is 0. The van der Waals surface area contributed by atoms with Gasteiger partial charge in [-0.2, -0.15) is 10.1 Å². The zero-order chi connectivity index (χ0) is 6.69. The van der Waals surface area contributed by atoms with E-state index in [2.05, 4.69) is 15.2 Å². The predicted octanol–water partition coefficient (Wildman–Crippen LogP) is 0.534. The molecule has 0 N–H and O–H groups in total. The molecule has 0 unspecified atom stereocenters. The second kappa shape index (κ2) is 2.59. The third-order valence-electron chi connectivity index (χ3n) is 0.720. The Kier molecular flexibility index (Phi) is 1.79. The molecule has 1 aromatic rings. The van der Waals surface area contributed by atoms with Crippen molar-refractivity contribution in [3.8, 4) is 5.88 Å². The van der Waals surface area contributed by atoms with Crippen molar-refractivity contribution in [1.82, 2.24) is 15.2 Å². The molecule has 4 nitrogen and oxygen atoms in total. The summed E-state index contributed by atoms with van der Waals surface area (Å²) >= 11 is 5.36. The van der Waals surface area contributed by atoms with Gasteiger partial charge in [0.1, 0.15) is 6.20 Å². The summed E-state index contributed by atoms with van der Waals surface area (Å²) in [6.07, 6.45) is 1.38. The Balaban J connectivity index is 2.94. The van der Waals surface area contributed by atoms with Crippen LogP contribution in [0.25, 0.3) is 0 Å². The molecule has 48 valence electrons. The molecule has 0 saturated heterocycles. The van der Waals surface area contributed by atoms with E-state index in [4.69, 9.17) is 16.3 Å². The lowest BCUT2D eigenvalue weighted by atomic mass is 10.8. The number of rotatable bonds is 1. The third kappa shape index (κ3) is 1.50. The van der Waals surface area contributed by atoms with Crippen LogP contribution in [0, 0.1) is 0 Å². The van der Waals surface area contributed by atoms with E-state index in [-0.39, 0.29) is 5.28 Å². The summed E-state index contributed by atoms with van der Waals surface area (Å²) in [7, 11) is 1.49. The van der Waals surface area contributed by atoms with Crippen molar-refractivity contribution in [3.05, 3.63) is 11.5 Å². The fraction of sp³-hybridized carbons (Fsp3) is 0.250. The largest absolute Gasteiger partial charge is 0.480 e. The normalized spacial score (nSPS) is 9.11. The van der Waals surface area contributed by atoms with Crippen molar-refractivity contribution in [2.75, 3.05) is 7.11 Å². The maximum atomic E-state index is 5.36. The van der Waals surface area contributed by atoms with Crippen LogP contribution in [0.1, 0.15) is 0 Å². The zero-order valence-corrected chi connectivity index (χ0v) is 5.46. The van der Waals surface area contributed by atoms with E-state index in [1.807, 2.05) is 0 Å². The molecule has 5 heteroatoms. The summed E-state index contributed by atoms with van der Waals surface area (Å²) in [5.74, 6) is 0.370. The van der Waals surface area contributed by atoms with E-state index in [0.29, 0.717) is 5.88 Å². The fourth-order valence-electron chi connectivity index (χ4n) is 0.366. The van der Waals surface area contributed by atoms with Gasteiger partial charge in [-0.3, -0.25) is 0 Å². The molecule has 0 aliphatic heterocycles. The molecule has 0 aliphatic rings. The van der Waals surface area contributed by atoms with Gasteiger partial charge in [-0.15, -0.1) is 5.10 Å². The molecule has 0 aromatic carbocycles. The van der Waals surface area contributed by atoms with Gasteiger partial charge in [0.25, 0.3) is 0 Å². The number of ether oxygens (including phenoxy) is 1. The van der Waals surface area contributed by atoms with Gasteiger partial charge < -0.3 is 4.74 Å². The molecular weight excluding hydrogens is 142 g/mol. The average Bonchev–Trinajstić information content (AvgIpc) is 1.88. The van der Waals surface area contributed by atoms with E-state index in [9.17, 15) is 0 Å². The minimum atomic E-state index is 0.0920. The van der Waals surface area contributed by atoms with E-state index in [1.54, 1.807) is 0 Å². The molecule has 1 heterocycles. The zero-order valence-electron chi connectivity index (χ0n) is 4.71. The van der Waals surface area contributed by atoms with Crippen molar-refractivity contribution in [3.63, 3.8) is 0 Å². The van der Waals surface area contributed by atoms with Gasteiger partial charge in [-0.1, -0.05) is 0 Å². The highest BCUT2D eigenvalue weighted by atomic mass is 35.5. The van der Waals surface area contributed by atoms with E-state index >= 15 is 0 Å². The molecule has 0 atom stereocenters. The predicted molar refractivity (Wildman–Crippen MR) is 31.4 cm³/mol. The van der Waals surface area contributed by atoms with Gasteiger partial charge in [0.15, 0.2) is 0 Å². The molecular formula is C4H4ClN3O.